The van der Waals surface area contributed by atoms with Gasteiger partial charge in [0.05, 0.1) is 0 Å². The zero-order valence-corrected chi connectivity index (χ0v) is 15.0. The third kappa shape index (κ3) is 14.4. The zero-order chi connectivity index (χ0) is 14.3. The van der Waals surface area contributed by atoms with E-state index in [-0.39, 0.29) is 0 Å². The molecule has 0 aromatic carbocycles. The van der Waals surface area contributed by atoms with Gasteiger partial charge in [0, 0.05) is 6.10 Å². The fourth-order valence-corrected chi connectivity index (χ4v) is 3.49. The van der Waals surface area contributed by atoms with E-state index in [9.17, 15) is 0 Å². The van der Waals surface area contributed by atoms with Gasteiger partial charge in [0.25, 0.3) is 0 Å². The lowest BCUT2D eigenvalue weighted by molar-refractivity contribution is 0.185. The number of rotatable bonds is 14. The Kier molecular flexibility index (Phi) is 14.7. The highest BCUT2D eigenvalue weighted by molar-refractivity contribution is 6.48. The third-order valence-corrected chi connectivity index (χ3v) is 4.54. The molecule has 2 heteroatoms. The Labute approximate surface area is 124 Å². The van der Waals surface area contributed by atoms with Gasteiger partial charge in [-0.15, -0.1) is 0 Å². The van der Waals surface area contributed by atoms with Crippen molar-refractivity contribution in [2.24, 2.45) is 0 Å². The SMILES string of the molecule is CCCCCCCCCCCCC(CC)O[Si](C)C. The number of unbranched alkanes of at least 4 members (excludes halogenated alkanes) is 9. The van der Waals surface area contributed by atoms with E-state index in [1.165, 1.54) is 77.0 Å². The molecule has 1 nitrogen and oxygen atoms in total. The van der Waals surface area contributed by atoms with E-state index in [1.54, 1.807) is 0 Å². The lowest BCUT2D eigenvalue weighted by Crippen LogP contribution is -2.19. The van der Waals surface area contributed by atoms with Gasteiger partial charge < -0.3 is 4.43 Å². The molecule has 0 rings (SSSR count). The first-order chi connectivity index (χ1) is 9.20. The van der Waals surface area contributed by atoms with Crippen molar-refractivity contribution in [2.45, 2.75) is 110 Å². The van der Waals surface area contributed by atoms with Crippen LogP contribution >= 0.6 is 0 Å². The summed E-state index contributed by atoms with van der Waals surface area (Å²) < 4.78 is 5.98. The van der Waals surface area contributed by atoms with Crippen LogP contribution < -0.4 is 0 Å². The largest absolute Gasteiger partial charge is 0.414 e. The maximum Gasteiger partial charge on any atom is 0.205 e. The van der Waals surface area contributed by atoms with Crippen LogP contribution in [0.25, 0.3) is 0 Å². The minimum atomic E-state index is -0.507. The van der Waals surface area contributed by atoms with Crippen LogP contribution in [0.1, 0.15) is 90.9 Å². The summed E-state index contributed by atoms with van der Waals surface area (Å²) in [6.45, 7) is 9.03. The number of hydrogen-bond acceptors (Lipinski definition) is 1. The van der Waals surface area contributed by atoms with E-state index in [2.05, 4.69) is 26.9 Å². The summed E-state index contributed by atoms with van der Waals surface area (Å²) in [6, 6.07) is 0. The molecule has 115 valence electrons. The van der Waals surface area contributed by atoms with Crippen molar-refractivity contribution in [3.05, 3.63) is 0 Å². The molecule has 0 saturated heterocycles. The van der Waals surface area contributed by atoms with E-state index in [0.29, 0.717) is 6.10 Å². The molecule has 1 atom stereocenters. The molecule has 0 heterocycles. The molecule has 0 aromatic heterocycles. The molecule has 0 aromatic rings. The van der Waals surface area contributed by atoms with Crippen molar-refractivity contribution in [1.82, 2.24) is 0 Å². The summed E-state index contributed by atoms with van der Waals surface area (Å²) in [7, 11) is -0.507. The molecule has 19 heavy (non-hydrogen) atoms. The van der Waals surface area contributed by atoms with Crippen molar-refractivity contribution in [2.75, 3.05) is 0 Å². The Morgan fingerprint density at radius 3 is 1.63 bits per heavy atom. The summed E-state index contributed by atoms with van der Waals surface area (Å²) in [4.78, 5) is 0. The molecule has 1 radical (unpaired) electrons. The summed E-state index contributed by atoms with van der Waals surface area (Å²) >= 11 is 0. The minimum absolute atomic E-state index is 0.507. The molecule has 0 aliphatic heterocycles. The molecule has 1 unspecified atom stereocenters. The van der Waals surface area contributed by atoms with Crippen molar-refractivity contribution in [3.8, 4) is 0 Å². The van der Waals surface area contributed by atoms with Gasteiger partial charge in [-0.3, -0.25) is 0 Å². The van der Waals surface area contributed by atoms with Crippen LogP contribution in [0.3, 0.4) is 0 Å². The lowest BCUT2D eigenvalue weighted by Gasteiger charge is -2.18. The molecule has 0 aliphatic rings. The molecule has 0 amide bonds. The van der Waals surface area contributed by atoms with Crippen LogP contribution in [0.5, 0.6) is 0 Å². The Bertz CT molecular complexity index is 171. The van der Waals surface area contributed by atoms with Crippen LogP contribution in [-0.2, 0) is 4.43 Å². The minimum Gasteiger partial charge on any atom is -0.414 e. The van der Waals surface area contributed by atoms with Crippen LogP contribution in [0.4, 0.5) is 0 Å². The Balaban J connectivity index is 3.21. The molecule has 0 saturated carbocycles. The molecular weight excluding hydrogens is 248 g/mol. The van der Waals surface area contributed by atoms with E-state index >= 15 is 0 Å². The highest BCUT2D eigenvalue weighted by Crippen LogP contribution is 2.14. The van der Waals surface area contributed by atoms with Crippen molar-refractivity contribution in [1.29, 1.82) is 0 Å². The summed E-state index contributed by atoms with van der Waals surface area (Å²) in [5.74, 6) is 0. The smallest absolute Gasteiger partial charge is 0.205 e. The first-order valence-corrected chi connectivity index (χ1v) is 11.1. The van der Waals surface area contributed by atoms with Crippen LogP contribution in [0.15, 0.2) is 0 Å². The van der Waals surface area contributed by atoms with Crippen LogP contribution in [0, 0.1) is 0 Å². The maximum atomic E-state index is 5.98. The molecular formula is C17H37OSi. The standard InChI is InChI=1S/C17H37OSi/c1-5-7-8-9-10-11-12-13-14-15-16-17(6-2)18-19(3)4/h17H,5-16H2,1-4H3. The van der Waals surface area contributed by atoms with Gasteiger partial charge in [-0.25, -0.2) is 0 Å². The highest BCUT2D eigenvalue weighted by Gasteiger charge is 2.08. The Morgan fingerprint density at radius 1 is 0.737 bits per heavy atom. The zero-order valence-electron chi connectivity index (χ0n) is 14.0. The van der Waals surface area contributed by atoms with Crippen molar-refractivity contribution in [3.63, 3.8) is 0 Å². The molecule has 0 N–H and O–H groups in total. The van der Waals surface area contributed by atoms with Crippen molar-refractivity contribution < 1.29 is 4.43 Å². The van der Waals surface area contributed by atoms with Gasteiger partial charge in [0.2, 0.25) is 9.04 Å². The van der Waals surface area contributed by atoms with Crippen LogP contribution in [0.2, 0.25) is 13.1 Å². The van der Waals surface area contributed by atoms with E-state index in [0.717, 1.165) is 0 Å². The lowest BCUT2D eigenvalue weighted by atomic mass is 10.0. The van der Waals surface area contributed by atoms with Gasteiger partial charge in [0.15, 0.2) is 0 Å². The van der Waals surface area contributed by atoms with Gasteiger partial charge in [-0.2, -0.15) is 0 Å². The second kappa shape index (κ2) is 14.6. The summed E-state index contributed by atoms with van der Waals surface area (Å²) in [5.41, 5.74) is 0. The van der Waals surface area contributed by atoms with Gasteiger partial charge in [0.1, 0.15) is 0 Å². The van der Waals surface area contributed by atoms with Crippen molar-refractivity contribution >= 4 is 9.04 Å². The second-order valence-corrected chi connectivity index (χ2v) is 8.08. The van der Waals surface area contributed by atoms with E-state index in [1.807, 2.05) is 0 Å². The number of hydrogen-bond donors (Lipinski definition) is 0. The fraction of sp³-hybridized carbons (Fsp3) is 1.00. The summed E-state index contributed by atoms with van der Waals surface area (Å²) in [6.07, 6.45) is 17.3. The van der Waals surface area contributed by atoms with E-state index in [4.69, 9.17) is 4.43 Å². The molecule has 0 aliphatic carbocycles. The predicted octanol–water partition coefficient (Wildman–Crippen LogP) is 6.34. The Morgan fingerprint density at radius 2 is 1.21 bits per heavy atom. The second-order valence-electron chi connectivity index (χ2n) is 6.03. The Hall–Kier alpha value is 0.177. The average Bonchev–Trinajstić information content (AvgIpc) is 2.39. The fourth-order valence-electron chi connectivity index (χ4n) is 2.54. The summed E-state index contributed by atoms with van der Waals surface area (Å²) in [5, 5.41) is 0. The third-order valence-electron chi connectivity index (χ3n) is 3.74. The highest BCUT2D eigenvalue weighted by atomic mass is 28.3. The van der Waals surface area contributed by atoms with Gasteiger partial charge in [-0.1, -0.05) is 78.1 Å². The van der Waals surface area contributed by atoms with Gasteiger partial charge in [-0.05, 0) is 25.9 Å². The van der Waals surface area contributed by atoms with E-state index < -0.39 is 9.04 Å². The van der Waals surface area contributed by atoms with Gasteiger partial charge >= 0.3 is 0 Å². The monoisotopic (exact) mass is 285 g/mol. The quantitative estimate of drug-likeness (QED) is 0.267. The average molecular weight is 286 g/mol. The normalized spacial score (nSPS) is 13.1. The first kappa shape index (κ1) is 19.2. The molecule has 0 spiro atoms. The molecule has 0 fully saturated rings. The molecule has 0 bridgehead atoms. The topological polar surface area (TPSA) is 9.23 Å². The first-order valence-electron chi connectivity index (χ1n) is 8.67. The maximum absolute atomic E-state index is 5.98. The predicted molar refractivity (Wildman–Crippen MR) is 89.1 cm³/mol. The van der Waals surface area contributed by atoms with Crippen LogP contribution in [-0.4, -0.2) is 15.1 Å².